The molecule has 1 rings (SSSR count). The molecule has 0 saturated carbocycles. The second kappa shape index (κ2) is 6.74. The number of halogens is 1. The van der Waals surface area contributed by atoms with E-state index < -0.39 is 6.10 Å². The van der Waals surface area contributed by atoms with Gasteiger partial charge in [-0.3, -0.25) is 0 Å². The van der Waals surface area contributed by atoms with Gasteiger partial charge in [0.1, 0.15) is 12.4 Å². The van der Waals surface area contributed by atoms with Crippen LogP contribution in [0.2, 0.25) is 5.02 Å². The maximum absolute atomic E-state index is 9.19. The largest absolute Gasteiger partial charge is 0.489 e. The highest BCUT2D eigenvalue weighted by molar-refractivity contribution is 6.32. The third kappa shape index (κ3) is 4.00. The van der Waals surface area contributed by atoms with Gasteiger partial charge >= 0.3 is 0 Å². The van der Waals surface area contributed by atoms with Gasteiger partial charge < -0.3 is 15.2 Å². The number of benzene rings is 1. The van der Waals surface area contributed by atoms with Gasteiger partial charge in [-0.25, -0.2) is 0 Å². The number of nitrogens with one attached hydrogen (secondary N) is 1. The van der Waals surface area contributed by atoms with Crippen LogP contribution in [0.1, 0.15) is 19.4 Å². The summed E-state index contributed by atoms with van der Waals surface area (Å²) in [4.78, 5) is 0. The SMILES string of the molecule is CCNCc1cccc(Cl)c1OCC(C)O. The molecule has 1 aromatic carbocycles. The van der Waals surface area contributed by atoms with E-state index in [0.717, 1.165) is 12.1 Å². The highest BCUT2D eigenvalue weighted by Gasteiger charge is 2.09. The molecule has 0 aliphatic heterocycles. The molecule has 90 valence electrons. The highest BCUT2D eigenvalue weighted by Crippen LogP contribution is 2.28. The molecule has 0 fully saturated rings. The smallest absolute Gasteiger partial charge is 0.142 e. The lowest BCUT2D eigenvalue weighted by Gasteiger charge is -2.14. The lowest BCUT2D eigenvalue weighted by molar-refractivity contribution is 0.122. The van der Waals surface area contributed by atoms with Crippen LogP contribution >= 0.6 is 11.6 Å². The van der Waals surface area contributed by atoms with E-state index >= 15 is 0 Å². The third-order valence-corrected chi connectivity index (χ3v) is 2.38. The Morgan fingerprint density at radius 1 is 1.50 bits per heavy atom. The quantitative estimate of drug-likeness (QED) is 0.805. The number of ether oxygens (including phenoxy) is 1. The Labute approximate surface area is 101 Å². The van der Waals surface area contributed by atoms with Crippen molar-refractivity contribution in [3.63, 3.8) is 0 Å². The van der Waals surface area contributed by atoms with E-state index in [1.165, 1.54) is 0 Å². The van der Waals surface area contributed by atoms with Crippen molar-refractivity contribution >= 4 is 11.6 Å². The molecule has 0 aliphatic rings. The maximum atomic E-state index is 9.19. The van der Waals surface area contributed by atoms with Gasteiger partial charge in [-0.15, -0.1) is 0 Å². The standard InChI is InChI=1S/C12H18ClNO2/c1-3-14-7-10-5-4-6-11(13)12(10)16-8-9(2)15/h4-6,9,14-15H,3,7-8H2,1-2H3. The van der Waals surface area contributed by atoms with Crippen molar-refractivity contribution in [1.29, 1.82) is 0 Å². The third-order valence-electron chi connectivity index (χ3n) is 2.08. The molecule has 0 heterocycles. The zero-order chi connectivity index (χ0) is 12.0. The summed E-state index contributed by atoms with van der Waals surface area (Å²) in [6.07, 6.45) is -0.497. The molecule has 1 aromatic rings. The van der Waals surface area contributed by atoms with Crippen LogP contribution in [0.5, 0.6) is 5.75 Å². The first-order valence-corrected chi connectivity index (χ1v) is 5.82. The van der Waals surface area contributed by atoms with Gasteiger partial charge in [0.05, 0.1) is 11.1 Å². The topological polar surface area (TPSA) is 41.5 Å². The molecule has 0 spiro atoms. The number of rotatable bonds is 6. The van der Waals surface area contributed by atoms with Gasteiger partial charge in [0.15, 0.2) is 0 Å². The maximum Gasteiger partial charge on any atom is 0.142 e. The van der Waals surface area contributed by atoms with Crippen LogP contribution in [0.4, 0.5) is 0 Å². The summed E-state index contributed by atoms with van der Waals surface area (Å²) in [6, 6.07) is 5.64. The van der Waals surface area contributed by atoms with E-state index in [2.05, 4.69) is 5.32 Å². The van der Waals surface area contributed by atoms with Gasteiger partial charge in [-0.05, 0) is 19.5 Å². The fourth-order valence-electron chi connectivity index (χ4n) is 1.32. The van der Waals surface area contributed by atoms with E-state index in [-0.39, 0.29) is 6.61 Å². The predicted molar refractivity (Wildman–Crippen MR) is 66.0 cm³/mol. The normalized spacial score (nSPS) is 12.5. The van der Waals surface area contributed by atoms with Crippen LogP contribution in [0.25, 0.3) is 0 Å². The Bertz CT molecular complexity index is 329. The van der Waals surface area contributed by atoms with Gasteiger partial charge in [-0.1, -0.05) is 30.7 Å². The Morgan fingerprint density at radius 3 is 2.88 bits per heavy atom. The number of para-hydroxylation sites is 1. The molecule has 1 atom stereocenters. The van der Waals surface area contributed by atoms with Crippen molar-refractivity contribution < 1.29 is 9.84 Å². The Morgan fingerprint density at radius 2 is 2.25 bits per heavy atom. The lowest BCUT2D eigenvalue weighted by atomic mass is 10.2. The summed E-state index contributed by atoms with van der Waals surface area (Å²) in [5.41, 5.74) is 1.01. The molecular weight excluding hydrogens is 226 g/mol. The van der Waals surface area contributed by atoms with Crippen LogP contribution in [0.15, 0.2) is 18.2 Å². The second-order valence-corrected chi connectivity index (χ2v) is 4.08. The zero-order valence-corrected chi connectivity index (χ0v) is 10.4. The first kappa shape index (κ1) is 13.3. The minimum atomic E-state index is -0.497. The molecule has 1 unspecified atom stereocenters. The van der Waals surface area contributed by atoms with Crippen LogP contribution in [0.3, 0.4) is 0 Å². The van der Waals surface area contributed by atoms with Crippen molar-refractivity contribution in [3.8, 4) is 5.75 Å². The number of aliphatic hydroxyl groups is 1. The zero-order valence-electron chi connectivity index (χ0n) is 9.66. The van der Waals surface area contributed by atoms with Crippen LogP contribution in [0, 0.1) is 0 Å². The molecule has 0 bridgehead atoms. The molecule has 3 nitrogen and oxygen atoms in total. The molecule has 0 aliphatic carbocycles. The Balaban J connectivity index is 2.77. The molecule has 4 heteroatoms. The Hall–Kier alpha value is -0.770. The predicted octanol–water partition coefficient (Wildman–Crippen LogP) is 2.21. The van der Waals surface area contributed by atoms with Crippen molar-refractivity contribution in [2.75, 3.05) is 13.2 Å². The summed E-state index contributed by atoms with van der Waals surface area (Å²) in [7, 11) is 0. The first-order chi connectivity index (χ1) is 7.65. The molecule has 0 aromatic heterocycles. The minimum absolute atomic E-state index is 0.253. The van der Waals surface area contributed by atoms with Gasteiger partial charge in [-0.2, -0.15) is 0 Å². The average Bonchev–Trinajstić information content (AvgIpc) is 2.24. The van der Waals surface area contributed by atoms with E-state index in [1.54, 1.807) is 13.0 Å². The fraction of sp³-hybridized carbons (Fsp3) is 0.500. The van der Waals surface area contributed by atoms with E-state index in [4.69, 9.17) is 16.3 Å². The molecule has 2 N–H and O–H groups in total. The van der Waals surface area contributed by atoms with Crippen molar-refractivity contribution in [1.82, 2.24) is 5.32 Å². The molecule has 0 radical (unpaired) electrons. The van der Waals surface area contributed by atoms with Crippen molar-refractivity contribution in [3.05, 3.63) is 28.8 Å². The van der Waals surface area contributed by atoms with Gasteiger partial charge in [0, 0.05) is 12.1 Å². The number of aliphatic hydroxyl groups excluding tert-OH is 1. The summed E-state index contributed by atoms with van der Waals surface area (Å²) in [6.45, 7) is 5.58. The molecule has 16 heavy (non-hydrogen) atoms. The molecule has 0 saturated heterocycles. The van der Waals surface area contributed by atoms with E-state index in [9.17, 15) is 5.11 Å². The summed E-state index contributed by atoms with van der Waals surface area (Å²) in [5.74, 6) is 0.658. The van der Waals surface area contributed by atoms with Gasteiger partial charge in [0.25, 0.3) is 0 Å². The summed E-state index contributed by atoms with van der Waals surface area (Å²) >= 11 is 6.06. The first-order valence-electron chi connectivity index (χ1n) is 5.44. The minimum Gasteiger partial charge on any atom is -0.489 e. The monoisotopic (exact) mass is 243 g/mol. The number of hydrogen-bond donors (Lipinski definition) is 2. The second-order valence-electron chi connectivity index (χ2n) is 3.67. The van der Waals surface area contributed by atoms with Crippen molar-refractivity contribution in [2.24, 2.45) is 0 Å². The number of hydrogen-bond acceptors (Lipinski definition) is 3. The van der Waals surface area contributed by atoms with Crippen LogP contribution in [-0.4, -0.2) is 24.4 Å². The summed E-state index contributed by atoms with van der Waals surface area (Å²) in [5, 5.41) is 13.0. The average molecular weight is 244 g/mol. The Kier molecular flexibility index (Phi) is 5.60. The van der Waals surface area contributed by atoms with E-state index in [1.807, 2.05) is 19.1 Å². The molecular formula is C12H18ClNO2. The van der Waals surface area contributed by atoms with Crippen molar-refractivity contribution in [2.45, 2.75) is 26.5 Å². The van der Waals surface area contributed by atoms with Crippen LogP contribution < -0.4 is 10.1 Å². The highest BCUT2D eigenvalue weighted by atomic mass is 35.5. The fourth-order valence-corrected chi connectivity index (χ4v) is 1.57. The molecule has 0 amide bonds. The van der Waals surface area contributed by atoms with E-state index in [0.29, 0.717) is 17.3 Å². The van der Waals surface area contributed by atoms with Crippen LogP contribution in [-0.2, 0) is 6.54 Å². The van der Waals surface area contributed by atoms with Gasteiger partial charge in [0.2, 0.25) is 0 Å². The summed E-state index contributed by atoms with van der Waals surface area (Å²) < 4.78 is 5.50. The lowest BCUT2D eigenvalue weighted by Crippen LogP contribution is -2.16.